The number of phenolic OH excluding ortho intramolecular Hbond substituents is 8. The Labute approximate surface area is 496 Å². The summed E-state index contributed by atoms with van der Waals surface area (Å²) in [5.74, 6) is -48.0. The number of anilines is 4. The van der Waals surface area contributed by atoms with E-state index in [0.29, 0.717) is 14.7 Å². The van der Waals surface area contributed by atoms with Gasteiger partial charge in [0.15, 0.2) is 52.6 Å². The number of primary amides is 2. The third kappa shape index (κ3) is 9.02. The number of β-amino-alcohol motifs (C(OH)–C–C–N with tert-alkyl or cyclic N) is 7. The van der Waals surface area contributed by atoms with Crippen molar-refractivity contribution < 1.29 is 150 Å². The molecule has 90 heavy (non-hydrogen) atoms. The molecule has 10 rings (SSSR count). The number of rotatable bonds is 13. The second-order valence-electron chi connectivity index (χ2n) is 20.7. The van der Waals surface area contributed by atoms with Gasteiger partial charge in [-0.05, 0) is 48.5 Å². The Kier molecular flexibility index (Phi) is 14.1. The van der Waals surface area contributed by atoms with E-state index in [0.717, 1.165) is 55.6 Å². The summed E-state index contributed by atoms with van der Waals surface area (Å²) in [5.41, 5.74) is 0.971. The van der Waals surface area contributed by atoms with Gasteiger partial charge in [-0.15, -0.1) is 0 Å². The Morgan fingerprint density at radius 3 is 1.24 bits per heavy atom. The summed E-state index contributed by atoms with van der Waals surface area (Å²) < 4.78 is 15.6. The first-order valence-corrected chi connectivity index (χ1v) is 25.2. The summed E-state index contributed by atoms with van der Waals surface area (Å²) in [4.78, 5) is 82.4. The number of phenols is 8. The molecular weight excluding hydrogens is 1220 g/mol. The Bertz CT molecular complexity index is 4040. The molecule has 25 N–H and O–H groups in total. The van der Waals surface area contributed by atoms with Crippen molar-refractivity contribution in [1.29, 1.82) is 0 Å². The molecule has 4 aromatic carbocycles. The van der Waals surface area contributed by atoms with Crippen LogP contribution < -0.4 is 40.5 Å². The molecule has 40 heteroatoms. The standard InChI is InChI=1S/C50H48N10O30/c1-88-37-33(66)29(62)27(30(63)34(37)67)59-25-21(23(53-59)39(51)70)44(75,76)11-56(41(25)72)17-4-2-16(3-5-17)55-14-48(83,46(79,80)10-20(55)61)90-15-89-38-35(68)31(64)28(32(65)36(38)69)60-26-22(24(54-60)40(52)71)45(77,78)12-57(42(26)73)18-6-8-19(9-7-18)58-13-47(81,82)50(86,87)49(84,85)43(58)74/h2-9,62-69,75-87H,10-15H2,1H3,(H2,51,70)(H2,52,71). The minimum Gasteiger partial charge on any atom is -0.503 e. The van der Waals surface area contributed by atoms with Crippen LogP contribution in [0.2, 0.25) is 0 Å². The summed E-state index contributed by atoms with van der Waals surface area (Å²) in [5, 5.41) is 235. The number of aliphatic hydroxyl groups is 13. The van der Waals surface area contributed by atoms with Crippen molar-refractivity contribution in [2.75, 3.05) is 59.7 Å². The van der Waals surface area contributed by atoms with Crippen LogP contribution in [0.1, 0.15) is 59.5 Å². The van der Waals surface area contributed by atoms with Gasteiger partial charge < -0.3 is 153 Å². The molecule has 478 valence electrons. The van der Waals surface area contributed by atoms with E-state index in [4.69, 9.17) is 25.7 Å². The van der Waals surface area contributed by atoms with Crippen LogP contribution in [0.5, 0.6) is 57.5 Å². The number of carbonyl (C=O) groups excluding carboxylic acids is 6. The molecule has 1 unspecified atom stereocenters. The summed E-state index contributed by atoms with van der Waals surface area (Å²) >= 11 is 0. The number of aromatic hydroxyl groups is 8. The largest absolute Gasteiger partial charge is 0.503 e. The fourth-order valence-electron chi connectivity index (χ4n) is 10.4. The van der Waals surface area contributed by atoms with Gasteiger partial charge in [-0.1, -0.05) is 0 Å². The average Bonchev–Trinajstić information content (AvgIpc) is 1.52. The Balaban J connectivity index is 0.901. The summed E-state index contributed by atoms with van der Waals surface area (Å²) in [6.07, 6.45) is -1.38. The second kappa shape index (κ2) is 20.3. The van der Waals surface area contributed by atoms with E-state index in [1.807, 2.05) is 0 Å². The van der Waals surface area contributed by atoms with Crippen LogP contribution in [0.3, 0.4) is 0 Å². The number of fused-ring (bicyclic) bond motifs is 2. The number of methoxy groups -OCH3 is 1. The molecule has 2 aromatic heterocycles. The number of nitrogens with zero attached hydrogens (tertiary/aromatic N) is 8. The number of benzene rings is 4. The van der Waals surface area contributed by atoms with Crippen molar-refractivity contribution in [3.63, 3.8) is 0 Å². The molecule has 2 fully saturated rings. The monoisotopic (exact) mass is 1270 g/mol. The fourth-order valence-corrected chi connectivity index (χ4v) is 10.4. The maximum atomic E-state index is 14.4. The lowest BCUT2D eigenvalue weighted by Gasteiger charge is -2.49. The zero-order valence-corrected chi connectivity index (χ0v) is 45.2. The van der Waals surface area contributed by atoms with Crippen molar-refractivity contribution in [1.82, 2.24) is 19.6 Å². The number of piperidine rings is 2. The van der Waals surface area contributed by atoms with Gasteiger partial charge in [0.05, 0.1) is 50.8 Å². The SMILES string of the molecule is COc1c(O)c(O)c(-n2nc(C(N)=O)c3c2C(=O)N(c2ccc(N4CC(O)(OCOc5c(O)c(O)c(-n6nc(C(N)=O)c7c6C(=O)N(c6ccc(N8CC(O)(O)C(O)(O)C(O)(O)C8=O)cc6)CC7(O)O)c(O)c5O)C(O)(O)CC4=O)cc2)CC3(O)O)c(O)c1O. The highest BCUT2D eigenvalue weighted by atomic mass is 16.8. The predicted octanol–water partition coefficient (Wildman–Crippen LogP) is -7.95. The second-order valence-corrected chi connectivity index (χ2v) is 20.7. The van der Waals surface area contributed by atoms with Crippen LogP contribution in [0, 0.1) is 0 Å². The average molecular weight is 1270 g/mol. The van der Waals surface area contributed by atoms with Gasteiger partial charge in [-0.3, -0.25) is 28.8 Å². The molecule has 2 saturated heterocycles. The molecule has 0 saturated carbocycles. The summed E-state index contributed by atoms with van der Waals surface area (Å²) in [6.45, 7) is -6.46. The maximum Gasteiger partial charge on any atom is 0.306 e. The van der Waals surface area contributed by atoms with Crippen LogP contribution in [0.4, 0.5) is 22.7 Å². The van der Waals surface area contributed by atoms with E-state index in [1.54, 1.807) is 0 Å². The minimum absolute atomic E-state index is 0.122. The number of carbonyl (C=O) groups is 6. The van der Waals surface area contributed by atoms with Crippen LogP contribution in [0.15, 0.2) is 48.5 Å². The number of aromatic nitrogens is 4. The lowest BCUT2D eigenvalue weighted by molar-refractivity contribution is -0.440. The zero-order valence-electron chi connectivity index (χ0n) is 45.2. The Hall–Kier alpha value is -10.4. The molecule has 6 amide bonds. The smallest absolute Gasteiger partial charge is 0.306 e. The van der Waals surface area contributed by atoms with Crippen molar-refractivity contribution in [3.05, 3.63) is 82.4 Å². The van der Waals surface area contributed by atoms with E-state index in [1.165, 1.54) is 0 Å². The first kappa shape index (κ1) is 62.6. The van der Waals surface area contributed by atoms with Gasteiger partial charge in [-0.2, -0.15) is 10.2 Å². The molecule has 40 nitrogen and oxygen atoms in total. The maximum absolute atomic E-state index is 14.4. The molecular formula is C50H48N10O30. The zero-order chi connectivity index (χ0) is 66.6. The first-order valence-electron chi connectivity index (χ1n) is 25.2. The topological polar surface area (TPSA) is 656 Å². The van der Waals surface area contributed by atoms with Crippen LogP contribution in [-0.2, 0) is 25.9 Å². The number of hydrogen-bond donors (Lipinski definition) is 23. The van der Waals surface area contributed by atoms with Crippen molar-refractivity contribution in [2.45, 2.75) is 46.9 Å². The molecule has 4 aliphatic rings. The molecule has 0 aliphatic carbocycles. The first-order chi connectivity index (χ1) is 41.6. The van der Waals surface area contributed by atoms with Gasteiger partial charge in [0.2, 0.25) is 69.3 Å². The van der Waals surface area contributed by atoms with Crippen molar-refractivity contribution in [2.24, 2.45) is 11.5 Å². The molecule has 0 radical (unpaired) electrons. The van der Waals surface area contributed by atoms with Gasteiger partial charge in [-0.25, -0.2) is 9.36 Å². The van der Waals surface area contributed by atoms with Gasteiger partial charge >= 0.3 is 5.79 Å². The van der Waals surface area contributed by atoms with E-state index in [2.05, 4.69) is 10.2 Å². The van der Waals surface area contributed by atoms with Crippen molar-refractivity contribution >= 4 is 58.2 Å². The lowest BCUT2D eigenvalue weighted by atomic mass is 9.89. The van der Waals surface area contributed by atoms with Gasteiger partial charge in [0.25, 0.3) is 35.3 Å². The fraction of sp³-hybridized carbons (Fsp3) is 0.280. The van der Waals surface area contributed by atoms with E-state index < -0.39 is 224 Å². The van der Waals surface area contributed by atoms with E-state index in [-0.39, 0.29) is 31.3 Å². The van der Waals surface area contributed by atoms with E-state index >= 15 is 0 Å². The van der Waals surface area contributed by atoms with Gasteiger partial charge in [0, 0.05) is 22.7 Å². The highest BCUT2D eigenvalue weighted by Gasteiger charge is 2.71. The Morgan fingerprint density at radius 2 is 0.867 bits per heavy atom. The minimum atomic E-state index is -4.22. The highest BCUT2D eigenvalue weighted by molar-refractivity contribution is 6.12. The summed E-state index contributed by atoms with van der Waals surface area (Å²) in [6, 6.07) is 7.94. The van der Waals surface area contributed by atoms with Crippen molar-refractivity contribution in [3.8, 4) is 68.9 Å². The third-order valence-electron chi connectivity index (χ3n) is 15.1. The molecule has 4 aliphatic heterocycles. The highest BCUT2D eigenvalue weighted by Crippen LogP contribution is 2.56. The van der Waals surface area contributed by atoms with Crippen LogP contribution in [-0.4, -0.2) is 231 Å². The molecule has 1 atom stereocenters. The number of hydrogen-bond acceptors (Lipinski definition) is 32. The molecule has 0 spiro atoms. The van der Waals surface area contributed by atoms with Crippen LogP contribution in [0.25, 0.3) is 11.4 Å². The lowest BCUT2D eigenvalue weighted by Crippen LogP contribution is -2.80. The summed E-state index contributed by atoms with van der Waals surface area (Å²) in [7, 11) is 0.930. The number of amides is 6. The number of nitrogens with two attached hydrogens (primary N) is 2. The van der Waals surface area contributed by atoms with Crippen LogP contribution >= 0.6 is 0 Å². The normalized spacial score (nSPS) is 20.4. The van der Waals surface area contributed by atoms with E-state index in [9.17, 15) is 136 Å². The predicted molar refractivity (Wildman–Crippen MR) is 282 cm³/mol. The number of ether oxygens (including phenoxy) is 3. The molecule has 6 heterocycles. The quantitative estimate of drug-likeness (QED) is 0.0290. The van der Waals surface area contributed by atoms with Gasteiger partial charge in [0.1, 0.15) is 11.4 Å². The third-order valence-corrected chi connectivity index (χ3v) is 15.1. The molecule has 6 aromatic rings. The Morgan fingerprint density at radius 1 is 0.500 bits per heavy atom. The molecule has 0 bridgehead atoms.